The third-order valence-corrected chi connectivity index (χ3v) is 3.96. The van der Waals surface area contributed by atoms with Crippen LogP contribution in [0.25, 0.3) is 11.0 Å². The van der Waals surface area contributed by atoms with E-state index in [2.05, 4.69) is 24.8 Å². The van der Waals surface area contributed by atoms with Crippen LogP contribution in [0.2, 0.25) is 10.0 Å². The molecule has 10 heteroatoms. The summed E-state index contributed by atoms with van der Waals surface area (Å²) >= 11 is 11.8. The van der Waals surface area contributed by atoms with Crippen LogP contribution in [0.15, 0.2) is 30.3 Å². The summed E-state index contributed by atoms with van der Waals surface area (Å²) in [5.41, 5.74) is 0.912. The number of alkyl halides is 2. The number of fused-ring (bicyclic) bond motifs is 2. The summed E-state index contributed by atoms with van der Waals surface area (Å²) in [5.74, 6) is -0.656. The molecule has 0 fully saturated rings. The summed E-state index contributed by atoms with van der Waals surface area (Å²) in [6, 6.07) is 7.04. The van der Waals surface area contributed by atoms with Crippen molar-refractivity contribution in [3.05, 3.63) is 45.9 Å². The number of hydrogen-bond donors (Lipinski definition) is 2. The van der Waals surface area contributed by atoms with Gasteiger partial charge in [0.25, 0.3) is 5.91 Å². The maximum absolute atomic E-state index is 13.0. The van der Waals surface area contributed by atoms with Gasteiger partial charge in [0.2, 0.25) is 5.95 Å². The second kappa shape index (κ2) is 5.47. The Hall–Kier alpha value is -2.58. The Labute approximate surface area is 148 Å². The summed E-state index contributed by atoms with van der Waals surface area (Å²) in [4.78, 5) is 19.2. The fourth-order valence-corrected chi connectivity index (χ4v) is 2.86. The number of H-pyrrole nitrogens is 1. The van der Waals surface area contributed by atoms with Gasteiger partial charge in [-0.3, -0.25) is 10.1 Å². The molecule has 6 nitrogen and oxygen atoms in total. The van der Waals surface area contributed by atoms with Crippen LogP contribution < -0.4 is 14.8 Å². The molecule has 1 aromatic heterocycles. The predicted molar refractivity (Wildman–Crippen MR) is 86.7 cm³/mol. The highest BCUT2D eigenvalue weighted by Gasteiger charge is 2.43. The molecule has 0 unspecified atom stereocenters. The lowest BCUT2D eigenvalue weighted by Gasteiger charge is -2.04. The molecule has 2 N–H and O–H groups in total. The van der Waals surface area contributed by atoms with Crippen molar-refractivity contribution in [1.29, 1.82) is 0 Å². The normalized spacial score (nSPS) is 14.7. The highest BCUT2D eigenvalue weighted by Crippen LogP contribution is 2.42. The number of hydrogen-bond acceptors (Lipinski definition) is 4. The fraction of sp³-hybridized carbons (Fsp3) is 0.0667. The van der Waals surface area contributed by atoms with Gasteiger partial charge in [-0.2, -0.15) is 0 Å². The van der Waals surface area contributed by atoms with E-state index in [4.69, 9.17) is 23.2 Å². The highest BCUT2D eigenvalue weighted by molar-refractivity contribution is 6.37. The zero-order valence-electron chi connectivity index (χ0n) is 12.1. The molecule has 4 rings (SSSR count). The molecule has 1 amide bonds. The largest absolute Gasteiger partial charge is 0.586 e. The monoisotopic (exact) mass is 385 g/mol. The Kier molecular flexibility index (Phi) is 3.48. The van der Waals surface area contributed by atoms with Gasteiger partial charge in [0.15, 0.2) is 11.5 Å². The number of ether oxygens (including phenoxy) is 2. The number of rotatable bonds is 2. The van der Waals surface area contributed by atoms with Crippen LogP contribution in [0.1, 0.15) is 10.4 Å². The minimum Gasteiger partial charge on any atom is -0.395 e. The summed E-state index contributed by atoms with van der Waals surface area (Å²) in [5, 5.41) is 3.12. The molecular formula is C15H7Cl2F2N3O3. The first kappa shape index (κ1) is 15.9. The molecule has 2 heterocycles. The van der Waals surface area contributed by atoms with Crippen molar-refractivity contribution in [1.82, 2.24) is 9.97 Å². The number of anilines is 1. The molecule has 0 bridgehead atoms. The number of amides is 1. The molecule has 0 saturated heterocycles. The molecule has 128 valence electrons. The second-order valence-electron chi connectivity index (χ2n) is 5.15. The Morgan fingerprint density at radius 1 is 1.16 bits per heavy atom. The summed E-state index contributed by atoms with van der Waals surface area (Å²) in [6.45, 7) is 0. The van der Waals surface area contributed by atoms with Crippen LogP contribution in [0, 0.1) is 0 Å². The van der Waals surface area contributed by atoms with Gasteiger partial charge in [0, 0.05) is 17.2 Å². The molecule has 0 atom stereocenters. The lowest BCUT2D eigenvalue weighted by molar-refractivity contribution is -0.286. The van der Waals surface area contributed by atoms with Crippen molar-refractivity contribution in [2.45, 2.75) is 6.29 Å². The number of aromatic nitrogens is 2. The van der Waals surface area contributed by atoms with Crippen molar-refractivity contribution in [3.8, 4) is 11.5 Å². The van der Waals surface area contributed by atoms with Gasteiger partial charge in [-0.1, -0.05) is 23.2 Å². The summed E-state index contributed by atoms with van der Waals surface area (Å²) < 4.78 is 34.8. The van der Waals surface area contributed by atoms with Crippen molar-refractivity contribution in [2.75, 3.05) is 5.32 Å². The minimum absolute atomic E-state index is 0.112. The van der Waals surface area contributed by atoms with E-state index in [1.807, 2.05) is 0 Å². The smallest absolute Gasteiger partial charge is 0.395 e. The molecule has 0 aliphatic carbocycles. The lowest BCUT2D eigenvalue weighted by Crippen LogP contribution is -2.25. The molecule has 3 aromatic rings. The van der Waals surface area contributed by atoms with Crippen LogP contribution in [-0.4, -0.2) is 22.2 Å². The molecule has 1 aliphatic heterocycles. The third kappa shape index (κ3) is 2.94. The Bertz CT molecular complexity index is 978. The van der Waals surface area contributed by atoms with E-state index >= 15 is 0 Å². The number of nitrogens with zero attached hydrogens (tertiary/aromatic N) is 1. The van der Waals surface area contributed by atoms with Crippen molar-refractivity contribution in [3.63, 3.8) is 0 Å². The van der Waals surface area contributed by atoms with Gasteiger partial charge >= 0.3 is 6.29 Å². The maximum atomic E-state index is 13.0. The van der Waals surface area contributed by atoms with E-state index in [9.17, 15) is 13.6 Å². The molecule has 0 spiro atoms. The van der Waals surface area contributed by atoms with Crippen LogP contribution in [0.5, 0.6) is 11.5 Å². The van der Waals surface area contributed by atoms with Crippen molar-refractivity contribution in [2.24, 2.45) is 0 Å². The fourth-order valence-electron chi connectivity index (χ4n) is 2.36. The number of benzene rings is 2. The average Bonchev–Trinajstić information content (AvgIpc) is 3.00. The SMILES string of the molecule is O=C(Nc1nc2cc3c(cc2[nH]1)OC(F)(F)O3)c1ccc(Cl)cc1Cl. The van der Waals surface area contributed by atoms with Gasteiger partial charge in [-0.15, -0.1) is 8.78 Å². The summed E-state index contributed by atoms with van der Waals surface area (Å²) in [7, 11) is 0. The topological polar surface area (TPSA) is 76.2 Å². The summed E-state index contributed by atoms with van der Waals surface area (Å²) in [6.07, 6.45) is -3.70. The average molecular weight is 386 g/mol. The van der Waals surface area contributed by atoms with E-state index in [1.54, 1.807) is 0 Å². The highest BCUT2D eigenvalue weighted by atomic mass is 35.5. The first-order valence-corrected chi connectivity index (χ1v) is 7.62. The van der Waals surface area contributed by atoms with Gasteiger partial charge in [0.1, 0.15) is 0 Å². The Balaban J connectivity index is 1.62. The zero-order valence-corrected chi connectivity index (χ0v) is 13.6. The zero-order chi connectivity index (χ0) is 17.8. The number of halogens is 4. The van der Waals surface area contributed by atoms with Gasteiger partial charge in [0.05, 0.1) is 21.6 Å². The molecule has 25 heavy (non-hydrogen) atoms. The number of carbonyl (C=O) groups excluding carboxylic acids is 1. The van der Waals surface area contributed by atoms with E-state index < -0.39 is 12.2 Å². The number of carbonyl (C=O) groups is 1. The lowest BCUT2D eigenvalue weighted by atomic mass is 10.2. The van der Waals surface area contributed by atoms with Gasteiger partial charge < -0.3 is 14.5 Å². The number of aromatic amines is 1. The van der Waals surface area contributed by atoms with Crippen molar-refractivity contribution < 1.29 is 23.0 Å². The Morgan fingerprint density at radius 2 is 1.88 bits per heavy atom. The third-order valence-electron chi connectivity index (χ3n) is 3.41. The second-order valence-corrected chi connectivity index (χ2v) is 5.99. The van der Waals surface area contributed by atoms with Crippen LogP contribution in [-0.2, 0) is 0 Å². The van der Waals surface area contributed by atoms with E-state index in [0.717, 1.165) is 0 Å². The number of imidazole rings is 1. The molecule has 1 aliphatic rings. The van der Waals surface area contributed by atoms with Gasteiger partial charge in [-0.05, 0) is 18.2 Å². The molecule has 0 radical (unpaired) electrons. The Morgan fingerprint density at radius 3 is 2.60 bits per heavy atom. The van der Waals surface area contributed by atoms with Crippen LogP contribution >= 0.6 is 23.2 Å². The standard InChI is InChI=1S/C15H7Cl2F2N3O3/c16-6-1-2-7(8(17)3-6)13(23)22-14-20-9-4-11-12(5-10(9)21-14)25-15(18,19)24-11/h1-5H,(H2,20,21,22,23). The van der Waals surface area contributed by atoms with Crippen LogP contribution in [0.3, 0.4) is 0 Å². The molecule has 0 saturated carbocycles. The molecular weight excluding hydrogens is 379 g/mol. The van der Waals surface area contributed by atoms with E-state index in [1.165, 1.54) is 30.3 Å². The quantitative estimate of drug-likeness (QED) is 0.683. The maximum Gasteiger partial charge on any atom is 0.586 e. The molecule has 2 aromatic carbocycles. The predicted octanol–water partition coefficient (Wildman–Crippen LogP) is 4.44. The van der Waals surface area contributed by atoms with E-state index in [-0.39, 0.29) is 28.0 Å². The van der Waals surface area contributed by atoms with Crippen molar-refractivity contribution >= 4 is 46.1 Å². The first-order chi connectivity index (χ1) is 11.8. The van der Waals surface area contributed by atoms with E-state index in [0.29, 0.717) is 16.1 Å². The first-order valence-electron chi connectivity index (χ1n) is 6.87. The minimum atomic E-state index is -3.70. The van der Waals surface area contributed by atoms with Gasteiger partial charge in [-0.25, -0.2) is 4.98 Å². The van der Waals surface area contributed by atoms with Crippen LogP contribution in [0.4, 0.5) is 14.7 Å². The number of nitrogens with one attached hydrogen (secondary N) is 2.